The number of piperazine rings is 1. The molecule has 0 unspecified atom stereocenters. The van der Waals surface area contributed by atoms with Crippen molar-refractivity contribution in [2.75, 3.05) is 37.6 Å². The van der Waals surface area contributed by atoms with Crippen molar-refractivity contribution in [2.45, 2.75) is 26.2 Å². The molecule has 2 nitrogen and oxygen atoms in total. The van der Waals surface area contributed by atoms with E-state index in [2.05, 4.69) is 16.7 Å². The highest BCUT2D eigenvalue weighted by Gasteiger charge is 2.21. The Bertz CT molecular complexity index is 420. The lowest BCUT2D eigenvalue weighted by Gasteiger charge is -2.37. The maximum absolute atomic E-state index is 6.28. The molecule has 0 bridgehead atoms. The Hall–Kier alpha value is -0.150. The van der Waals surface area contributed by atoms with E-state index in [9.17, 15) is 0 Å². The summed E-state index contributed by atoms with van der Waals surface area (Å²) in [5.74, 6) is 0. The lowest BCUT2D eigenvalue weighted by molar-refractivity contribution is 0.253. The Kier molecular flexibility index (Phi) is 6.28. The van der Waals surface area contributed by atoms with Gasteiger partial charge in [-0.1, -0.05) is 54.6 Å². The monoisotopic (exact) mass is 334 g/mol. The number of halogens is 3. The van der Waals surface area contributed by atoms with Gasteiger partial charge in [-0.25, -0.2) is 0 Å². The first-order valence-corrected chi connectivity index (χ1v) is 8.37. The van der Waals surface area contributed by atoms with Crippen molar-refractivity contribution in [3.8, 4) is 0 Å². The van der Waals surface area contributed by atoms with Gasteiger partial charge in [0.2, 0.25) is 0 Å². The van der Waals surface area contributed by atoms with E-state index in [1.165, 1.54) is 25.8 Å². The molecule has 0 aliphatic carbocycles. The third-order valence-corrected chi connectivity index (χ3v) is 4.54. The minimum absolute atomic E-state index is 0.585. The molecule has 0 aromatic heterocycles. The second kappa shape index (κ2) is 7.74. The summed E-state index contributed by atoms with van der Waals surface area (Å²) in [5, 5.41) is 1.87. The van der Waals surface area contributed by atoms with E-state index >= 15 is 0 Å². The fraction of sp³-hybridized carbons (Fsp3) is 0.600. The fourth-order valence-electron chi connectivity index (χ4n) is 2.62. The van der Waals surface area contributed by atoms with Gasteiger partial charge in [0.05, 0.1) is 15.7 Å². The zero-order valence-corrected chi connectivity index (χ0v) is 14.1. The van der Waals surface area contributed by atoms with E-state index in [1.807, 2.05) is 0 Å². The van der Waals surface area contributed by atoms with Crippen LogP contribution in [0.15, 0.2) is 12.1 Å². The van der Waals surface area contributed by atoms with Gasteiger partial charge in [0.15, 0.2) is 0 Å². The molecule has 20 heavy (non-hydrogen) atoms. The first-order chi connectivity index (χ1) is 9.61. The van der Waals surface area contributed by atoms with Crippen LogP contribution in [0.25, 0.3) is 0 Å². The summed E-state index contributed by atoms with van der Waals surface area (Å²) in [6.07, 6.45) is 3.88. The molecule has 0 saturated carbocycles. The second-order valence-electron chi connectivity index (χ2n) is 5.25. The van der Waals surface area contributed by atoms with Crippen LogP contribution in [0.1, 0.15) is 26.2 Å². The van der Waals surface area contributed by atoms with Crippen LogP contribution >= 0.6 is 34.8 Å². The molecule has 1 aromatic rings. The lowest BCUT2D eigenvalue weighted by Crippen LogP contribution is -2.46. The molecular weight excluding hydrogens is 315 g/mol. The van der Waals surface area contributed by atoms with Gasteiger partial charge in [0.1, 0.15) is 0 Å². The maximum atomic E-state index is 6.28. The summed E-state index contributed by atoms with van der Waals surface area (Å²) in [6.45, 7) is 7.50. The Morgan fingerprint density at radius 1 is 0.950 bits per heavy atom. The quantitative estimate of drug-likeness (QED) is 0.702. The molecule has 1 fully saturated rings. The fourth-order valence-corrected chi connectivity index (χ4v) is 3.67. The van der Waals surface area contributed by atoms with Gasteiger partial charge in [-0.05, 0) is 25.1 Å². The molecule has 1 saturated heterocycles. The van der Waals surface area contributed by atoms with Gasteiger partial charge in [-0.3, -0.25) is 4.90 Å². The van der Waals surface area contributed by atoms with Crippen molar-refractivity contribution in [3.05, 3.63) is 27.2 Å². The average Bonchev–Trinajstić information content (AvgIpc) is 2.39. The number of anilines is 1. The highest BCUT2D eigenvalue weighted by atomic mass is 35.5. The molecule has 1 aliphatic heterocycles. The standard InChI is InChI=1S/C15H21Cl3N2/c1-2-3-4-5-19-6-8-20(9-7-19)15-13(17)10-12(16)11-14(15)18/h10-11H,2-9H2,1H3. The first-order valence-electron chi connectivity index (χ1n) is 7.23. The van der Waals surface area contributed by atoms with E-state index in [0.717, 1.165) is 31.9 Å². The highest BCUT2D eigenvalue weighted by molar-refractivity contribution is 6.41. The van der Waals surface area contributed by atoms with E-state index in [-0.39, 0.29) is 0 Å². The second-order valence-corrected chi connectivity index (χ2v) is 6.50. The zero-order chi connectivity index (χ0) is 14.5. The summed E-state index contributed by atoms with van der Waals surface area (Å²) in [7, 11) is 0. The number of hydrogen-bond acceptors (Lipinski definition) is 2. The SMILES string of the molecule is CCCCCN1CCN(c2c(Cl)cc(Cl)cc2Cl)CC1. The van der Waals surface area contributed by atoms with Crippen LogP contribution < -0.4 is 4.90 Å². The van der Waals surface area contributed by atoms with Crippen LogP contribution in [0.5, 0.6) is 0 Å². The molecule has 112 valence electrons. The van der Waals surface area contributed by atoms with E-state index in [4.69, 9.17) is 34.8 Å². The largest absolute Gasteiger partial charge is 0.367 e. The van der Waals surface area contributed by atoms with Crippen LogP contribution in [0, 0.1) is 0 Å². The normalized spacial score (nSPS) is 16.7. The van der Waals surface area contributed by atoms with E-state index < -0.39 is 0 Å². The van der Waals surface area contributed by atoms with Gasteiger partial charge in [-0.15, -0.1) is 0 Å². The van der Waals surface area contributed by atoms with Crippen LogP contribution in [-0.4, -0.2) is 37.6 Å². The molecule has 2 rings (SSSR count). The molecular formula is C15H21Cl3N2. The van der Waals surface area contributed by atoms with Gasteiger partial charge in [-0.2, -0.15) is 0 Å². The van der Waals surface area contributed by atoms with Crippen LogP contribution in [0.2, 0.25) is 15.1 Å². The average molecular weight is 336 g/mol. The van der Waals surface area contributed by atoms with Crippen LogP contribution in [-0.2, 0) is 0 Å². The molecule has 0 N–H and O–H groups in total. The number of unbranched alkanes of at least 4 members (excludes halogenated alkanes) is 2. The van der Waals surface area contributed by atoms with Gasteiger partial charge < -0.3 is 4.90 Å². The first kappa shape index (κ1) is 16.2. The summed E-state index contributed by atoms with van der Waals surface area (Å²) in [4.78, 5) is 4.78. The molecule has 5 heteroatoms. The molecule has 0 atom stereocenters. The summed E-state index contributed by atoms with van der Waals surface area (Å²) in [5.41, 5.74) is 0.922. The van der Waals surface area contributed by atoms with Gasteiger partial charge in [0.25, 0.3) is 0 Å². The summed E-state index contributed by atoms with van der Waals surface area (Å²) >= 11 is 18.5. The third-order valence-electron chi connectivity index (χ3n) is 3.75. The number of rotatable bonds is 5. The minimum Gasteiger partial charge on any atom is -0.367 e. The van der Waals surface area contributed by atoms with Crippen molar-refractivity contribution < 1.29 is 0 Å². The topological polar surface area (TPSA) is 6.48 Å². The zero-order valence-electron chi connectivity index (χ0n) is 11.8. The lowest BCUT2D eigenvalue weighted by atomic mass is 10.2. The smallest absolute Gasteiger partial charge is 0.0746 e. The molecule has 0 radical (unpaired) electrons. The Morgan fingerprint density at radius 3 is 2.10 bits per heavy atom. The summed E-state index contributed by atoms with van der Waals surface area (Å²) in [6, 6.07) is 3.52. The predicted octanol–water partition coefficient (Wildman–Crippen LogP) is 4.96. The Labute approximate surface area is 136 Å². The Balaban J connectivity index is 1.94. The van der Waals surface area contributed by atoms with Crippen molar-refractivity contribution in [1.82, 2.24) is 4.90 Å². The van der Waals surface area contributed by atoms with E-state index in [1.54, 1.807) is 12.1 Å². The van der Waals surface area contributed by atoms with Gasteiger partial charge >= 0.3 is 0 Å². The molecule has 1 aromatic carbocycles. The number of hydrogen-bond donors (Lipinski definition) is 0. The van der Waals surface area contributed by atoms with Crippen molar-refractivity contribution in [1.29, 1.82) is 0 Å². The predicted molar refractivity (Wildman–Crippen MR) is 89.7 cm³/mol. The van der Waals surface area contributed by atoms with Crippen molar-refractivity contribution in [2.24, 2.45) is 0 Å². The molecule has 1 heterocycles. The van der Waals surface area contributed by atoms with E-state index in [0.29, 0.717) is 15.1 Å². The highest BCUT2D eigenvalue weighted by Crippen LogP contribution is 2.36. The minimum atomic E-state index is 0.585. The maximum Gasteiger partial charge on any atom is 0.0746 e. The number of benzene rings is 1. The van der Waals surface area contributed by atoms with Crippen molar-refractivity contribution in [3.63, 3.8) is 0 Å². The molecule has 1 aliphatic rings. The van der Waals surface area contributed by atoms with Crippen LogP contribution in [0.3, 0.4) is 0 Å². The van der Waals surface area contributed by atoms with Crippen LogP contribution in [0.4, 0.5) is 5.69 Å². The number of nitrogens with zero attached hydrogens (tertiary/aromatic N) is 2. The Morgan fingerprint density at radius 2 is 1.55 bits per heavy atom. The third kappa shape index (κ3) is 4.17. The molecule has 0 amide bonds. The molecule has 0 spiro atoms. The summed E-state index contributed by atoms with van der Waals surface area (Å²) < 4.78 is 0. The van der Waals surface area contributed by atoms with Crippen molar-refractivity contribution >= 4 is 40.5 Å². The van der Waals surface area contributed by atoms with Gasteiger partial charge in [0, 0.05) is 31.2 Å².